The van der Waals surface area contributed by atoms with Gasteiger partial charge in [-0.25, -0.2) is 4.79 Å². The summed E-state index contributed by atoms with van der Waals surface area (Å²) in [5, 5.41) is 11.6. The van der Waals surface area contributed by atoms with Gasteiger partial charge in [0.2, 0.25) is 0 Å². The Morgan fingerprint density at radius 1 is 1.35 bits per heavy atom. The Labute approximate surface area is 122 Å². The average Bonchev–Trinajstić information content (AvgIpc) is 2.35. The molecule has 0 unspecified atom stereocenters. The molecule has 0 bridgehead atoms. The Hall–Kier alpha value is -1.52. The molecule has 0 aromatic heterocycles. The van der Waals surface area contributed by atoms with E-state index in [0.29, 0.717) is 6.54 Å². The number of carbonyl (C=O) groups excluding carboxylic acids is 1. The van der Waals surface area contributed by atoms with Gasteiger partial charge in [-0.3, -0.25) is 4.79 Å². The van der Waals surface area contributed by atoms with E-state index in [2.05, 4.69) is 32.7 Å². The monoisotopic (exact) mass is 284 g/mol. The lowest BCUT2D eigenvalue weighted by atomic mass is 9.87. The van der Waals surface area contributed by atoms with Crippen LogP contribution in [0.4, 0.5) is 4.79 Å². The predicted molar refractivity (Wildman–Crippen MR) is 80.7 cm³/mol. The summed E-state index contributed by atoms with van der Waals surface area (Å²) < 4.78 is 0. The van der Waals surface area contributed by atoms with E-state index < -0.39 is 5.97 Å². The van der Waals surface area contributed by atoms with E-state index in [9.17, 15) is 9.59 Å². The molecule has 0 saturated carbocycles. The second-order valence-corrected chi connectivity index (χ2v) is 5.84. The van der Waals surface area contributed by atoms with Gasteiger partial charge in [-0.2, -0.15) is 0 Å². The van der Waals surface area contributed by atoms with Crippen LogP contribution in [0.2, 0.25) is 0 Å². The number of aliphatic carboxylic acids is 1. The summed E-state index contributed by atoms with van der Waals surface area (Å²) >= 11 is 0. The average molecular weight is 284 g/mol. The number of hydrogen-bond acceptors (Lipinski definition) is 2. The van der Waals surface area contributed by atoms with Crippen molar-refractivity contribution in [3.63, 3.8) is 0 Å². The summed E-state index contributed by atoms with van der Waals surface area (Å²) in [5.41, 5.74) is 0.0217. The molecule has 0 radical (unpaired) electrons. The van der Waals surface area contributed by atoms with Crippen LogP contribution < -0.4 is 5.32 Å². The van der Waals surface area contributed by atoms with Crippen LogP contribution in [-0.4, -0.2) is 41.6 Å². The number of unbranched alkanes of at least 4 members (excludes halogenated alkanes) is 2. The van der Waals surface area contributed by atoms with E-state index in [-0.39, 0.29) is 24.5 Å². The number of amides is 2. The van der Waals surface area contributed by atoms with Crippen molar-refractivity contribution in [2.24, 2.45) is 5.41 Å². The van der Waals surface area contributed by atoms with Gasteiger partial charge >= 0.3 is 12.0 Å². The lowest BCUT2D eigenvalue weighted by Crippen LogP contribution is -2.45. The van der Waals surface area contributed by atoms with Gasteiger partial charge in [0.25, 0.3) is 0 Å². The first-order chi connectivity index (χ1) is 9.32. The summed E-state index contributed by atoms with van der Waals surface area (Å²) in [6.45, 7) is 10.4. The Balaban J connectivity index is 4.27. The minimum absolute atomic E-state index is 0.0217. The van der Waals surface area contributed by atoms with Gasteiger partial charge in [0.05, 0.1) is 0 Å². The number of carboxylic acid groups (broad SMARTS) is 1. The Bertz CT molecular complexity index is 327. The number of urea groups is 1. The zero-order valence-electron chi connectivity index (χ0n) is 12.9. The number of nitrogens with zero attached hydrogens (tertiary/aromatic N) is 1. The number of nitrogens with one attached hydrogen (secondary N) is 1. The molecule has 2 amide bonds. The minimum Gasteiger partial charge on any atom is -0.480 e. The molecule has 2 N–H and O–H groups in total. The molecule has 0 aliphatic heterocycles. The van der Waals surface area contributed by atoms with Crippen molar-refractivity contribution in [2.45, 2.75) is 46.5 Å². The largest absolute Gasteiger partial charge is 0.480 e. The van der Waals surface area contributed by atoms with E-state index >= 15 is 0 Å². The molecule has 20 heavy (non-hydrogen) atoms. The first-order valence-electron chi connectivity index (χ1n) is 7.18. The lowest BCUT2D eigenvalue weighted by Gasteiger charge is -2.27. The third kappa shape index (κ3) is 8.56. The first kappa shape index (κ1) is 18.5. The molecule has 0 aromatic rings. The van der Waals surface area contributed by atoms with Crippen LogP contribution in [-0.2, 0) is 4.79 Å². The molecule has 0 saturated heterocycles. The van der Waals surface area contributed by atoms with E-state index in [1.54, 1.807) is 0 Å². The standard InChI is InChI=1S/C15H28N2O3/c1-5-7-8-9-15(3,4)12-16-14(20)17(10-6-2)11-13(18)19/h6H,2,5,7-12H2,1,3-4H3,(H,16,20)(H,18,19). The summed E-state index contributed by atoms with van der Waals surface area (Å²) in [6.07, 6.45) is 6.08. The van der Waals surface area contributed by atoms with Gasteiger partial charge in [0, 0.05) is 13.1 Å². The van der Waals surface area contributed by atoms with Crippen LogP contribution >= 0.6 is 0 Å². The van der Waals surface area contributed by atoms with Crippen molar-refractivity contribution in [3.05, 3.63) is 12.7 Å². The molecule has 0 aliphatic carbocycles. The second-order valence-electron chi connectivity index (χ2n) is 5.84. The van der Waals surface area contributed by atoms with Crippen LogP contribution in [0.25, 0.3) is 0 Å². The highest BCUT2D eigenvalue weighted by Crippen LogP contribution is 2.22. The van der Waals surface area contributed by atoms with Crippen molar-refractivity contribution in [1.29, 1.82) is 0 Å². The molecule has 116 valence electrons. The SMILES string of the molecule is C=CCN(CC(=O)O)C(=O)NCC(C)(C)CCCCC. The molecule has 0 rings (SSSR count). The molecular formula is C15H28N2O3. The van der Waals surface area contributed by atoms with Crippen molar-refractivity contribution in [1.82, 2.24) is 10.2 Å². The zero-order chi connectivity index (χ0) is 15.6. The van der Waals surface area contributed by atoms with E-state index in [1.165, 1.54) is 23.8 Å². The molecule has 0 spiro atoms. The summed E-state index contributed by atoms with van der Waals surface area (Å²) in [4.78, 5) is 23.9. The van der Waals surface area contributed by atoms with Crippen LogP contribution in [0.3, 0.4) is 0 Å². The zero-order valence-corrected chi connectivity index (χ0v) is 12.9. The van der Waals surface area contributed by atoms with E-state index in [1.807, 2.05) is 0 Å². The van der Waals surface area contributed by atoms with E-state index in [0.717, 1.165) is 12.8 Å². The molecule has 5 heteroatoms. The minimum atomic E-state index is -1.02. The third-order valence-corrected chi connectivity index (χ3v) is 3.14. The summed E-state index contributed by atoms with van der Waals surface area (Å²) in [7, 11) is 0. The second kappa shape index (κ2) is 9.39. The molecule has 0 fully saturated rings. The fraction of sp³-hybridized carbons (Fsp3) is 0.733. The number of carboxylic acids is 1. The maximum absolute atomic E-state index is 11.9. The highest BCUT2D eigenvalue weighted by Gasteiger charge is 2.21. The van der Waals surface area contributed by atoms with Gasteiger partial charge in [0.1, 0.15) is 6.54 Å². The van der Waals surface area contributed by atoms with Crippen LogP contribution in [0.1, 0.15) is 46.5 Å². The van der Waals surface area contributed by atoms with E-state index in [4.69, 9.17) is 5.11 Å². The maximum atomic E-state index is 11.9. The predicted octanol–water partition coefficient (Wildman–Crippen LogP) is 2.88. The molecule has 0 aromatic carbocycles. The van der Waals surface area contributed by atoms with Gasteiger partial charge < -0.3 is 15.3 Å². The van der Waals surface area contributed by atoms with Crippen molar-refractivity contribution >= 4 is 12.0 Å². The molecule has 5 nitrogen and oxygen atoms in total. The Morgan fingerprint density at radius 3 is 2.50 bits per heavy atom. The molecule has 0 heterocycles. The van der Waals surface area contributed by atoms with Gasteiger partial charge in [-0.15, -0.1) is 6.58 Å². The highest BCUT2D eigenvalue weighted by atomic mass is 16.4. The van der Waals surface area contributed by atoms with Gasteiger partial charge in [-0.05, 0) is 11.8 Å². The Morgan fingerprint density at radius 2 is 2.00 bits per heavy atom. The normalized spacial score (nSPS) is 10.9. The van der Waals surface area contributed by atoms with Crippen molar-refractivity contribution < 1.29 is 14.7 Å². The molecular weight excluding hydrogens is 256 g/mol. The smallest absolute Gasteiger partial charge is 0.323 e. The quantitative estimate of drug-likeness (QED) is 0.479. The number of rotatable bonds is 10. The Kier molecular flexibility index (Phi) is 8.68. The lowest BCUT2D eigenvalue weighted by molar-refractivity contribution is -0.137. The topological polar surface area (TPSA) is 69.6 Å². The van der Waals surface area contributed by atoms with Crippen LogP contribution in [0.15, 0.2) is 12.7 Å². The van der Waals surface area contributed by atoms with Crippen LogP contribution in [0, 0.1) is 5.41 Å². The van der Waals surface area contributed by atoms with Crippen molar-refractivity contribution in [2.75, 3.05) is 19.6 Å². The molecule has 0 atom stereocenters. The van der Waals surface area contributed by atoms with Crippen molar-refractivity contribution in [3.8, 4) is 0 Å². The first-order valence-corrected chi connectivity index (χ1v) is 7.18. The maximum Gasteiger partial charge on any atom is 0.323 e. The fourth-order valence-corrected chi connectivity index (χ4v) is 1.91. The number of carbonyl (C=O) groups is 2. The van der Waals surface area contributed by atoms with Crippen LogP contribution in [0.5, 0.6) is 0 Å². The number of hydrogen-bond donors (Lipinski definition) is 2. The fourth-order valence-electron chi connectivity index (χ4n) is 1.91. The summed E-state index contributed by atoms with van der Waals surface area (Å²) in [6, 6.07) is -0.351. The van der Waals surface area contributed by atoms with Gasteiger partial charge in [0.15, 0.2) is 0 Å². The molecule has 0 aliphatic rings. The van der Waals surface area contributed by atoms with Gasteiger partial charge in [-0.1, -0.05) is 46.1 Å². The summed E-state index contributed by atoms with van der Waals surface area (Å²) in [5.74, 6) is -1.02. The highest BCUT2D eigenvalue weighted by molar-refractivity contribution is 5.80. The third-order valence-electron chi connectivity index (χ3n) is 3.14.